The van der Waals surface area contributed by atoms with Crippen LogP contribution in [0, 0.1) is 0 Å². The second-order valence-corrected chi connectivity index (χ2v) is 4.68. The molecule has 1 heterocycles. The van der Waals surface area contributed by atoms with E-state index >= 15 is 0 Å². The summed E-state index contributed by atoms with van der Waals surface area (Å²) >= 11 is 0. The zero-order valence-corrected chi connectivity index (χ0v) is 10.9. The number of carbonyl (C=O) groups excluding carboxylic acids is 1. The minimum atomic E-state index is -0.129. The standard InChI is InChI=1S/C14H20N2O2/c1-3-7-16-13(17)9-12(15)14(16)10-5-4-6-11(8-10)18-2/h4-6,8,12,14H,3,7,9,15H2,1-2H3/t12-,14+/m0/s1. The molecule has 2 rings (SSSR count). The summed E-state index contributed by atoms with van der Waals surface area (Å²) in [6.45, 7) is 2.83. The molecule has 0 saturated carbocycles. The van der Waals surface area contributed by atoms with Crippen LogP contribution >= 0.6 is 0 Å². The summed E-state index contributed by atoms with van der Waals surface area (Å²) in [5, 5.41) is 0. The molecule has 0 bridgehead atoms. The lowest BCUT2D eigenvalue weighted by molar-refractivity contribution is -0.129. The summed E-state index contributed by atoms with van der Waals surface area (Å²) < 4.78 is 5.23. The number of nitrogens with zero attached hydrogens (tertiary/aromatic N) is 1. The van der Waals surface area contributed by atoms with E-state index < -0.39 is 0 Å². The molecule has 1 aromatic carbocycles. The predicted octanol–water partition coefficient (Wildman–Crippen LogP) is 1.71. The van der Waals surface area contributed by atoms with E-state index in [0.29, 0.717) is 6.42 Å². The number of methoxy groups -OCH3 is 1. The van der Waals surface area contributed by atoms with Crippen LogP contribution in [-0.2, 0) is 4.79 Å². The number of nitrogens with two attached hydrogens (primary N) is 1. The van der Waals surface area contributed by atoms with Gasteiger partial charge in [0.05, 0.1) is 13.2 Å². The second-order valence-electron chi connectivity index (χ2n) is 4.68. The quantitative estimate of drug-likeness (QED) is 0.882. The minimum Gasteiger partial charge on any atom is -0.497 e. The predicted molar refractivity (Wildman–Crippen MR) is 70.3 cm³/mol. The SMILES string of the molecule is CCCN1C(=O)C[C@H](N)[C@H]1c1cccc(OC)c1. The average Bonchev–Trinajstić information content (AvgIpc) is 2.65. The highest BCUT2D eigenvalue weighted by molar-refractivity contribution is 5.80. The van der Waals surface area contributed by atoms with Gasteiger partial charge in [0.15, 0.2) is 0 Å². The maximum Gasteiger partial charge on any atom is 0.224 e. The number of amides is 1. The molecule has 4 heteroatoms. The van der Waals surface area contributed by atoms with Gasteiger partial charge in [-0.25, -0.2) is 0 Å². The molecule has 1 saturated heterocycles. The topological polar surface area (TPSA) is 55.6 Å². The molecule has 18 heavy (non-hydrogen) atoms. The Morgan fingerprint density at radius 1 is 1.50 bits per heavy atom. The largest absolute Gasteiger partial charge is 0.497 e. The average molecular weight is 248 g/mol. The Labute approximate surface area is 108 Å². The molecule has 0 aromatic heterocycles. The summed E-state index contributed by atoms with van der Waals surface area (Å²) in [7, 11) is 1.64. The summed E-state index contributed by atoms with van der Waals surface area (Å²) in [4.78, 5) is 13.8. The van der Waals surface area contributed by atoms with Gasteiger partial charge >= 0.3 is 0 Å². The van der Waals surface area contributed by atoms with Crippen molar-refractivity contribution in [2.24, 2.45) is 5.73 Å². The van der Waals surface area contributed by atoms with Crippen molar-refractivity contribution in [3.05, 3.63) is 29.8 Å². The van der Waals surface area contributed by atoms with E-state index in [1.807, 2.05) is 29.2 Å². The van der Waals surface area contributed by atoms with Crippen molar-refractivity contribution in [3.63, 3.8) is 0 Å². The van der Waals surface area contributed by atoms with Crippen LogP contribution in [-0.4, -0.2) is 30.5 Å². The van der Waals surface area contributed by atoms with Gasteiger partial charge in [-0.05, 0) is 24.1 Å². The van der Waals surface area contributed by atoms with Gasteiger partial charge in [0.25, 0.3) is 0 Å². The molecule has 1 amide bonds. The van der Waals surface area contributed by atoms with Crippen molar-refractivity contribution in [1.82, 2.24) is 4.90 Å². The monoisotopic (exact) mass is 248 g/mol. The van der Waals surface area contributed by atoms with Crippen molar-refractivity contribution in [2.45, 2.75) is 31.8 Å². The fourth-order valence-electron chi connectivity index (χ4n) is 2.57. The molecule has 1 aliphatic heterocycles. The van der Waals surface area contributed by atoms with Crippen molar-refractivity contribution in [3.8, 4) is 5.75 Å². The van der Waals surface area contributed by atoms with E-state index in [-0.39, 0.29) is 18.0 Å². The van der Waals surface area contributed by atoms with Crippen LogP contribution < -0.4 is 10.5 Å². The molecule has 1 aromatic rings. The van der Waals surface area contributed by atoms with Gasteiger partial charge < -0.3 is 15.4 Å². The highest BCUT2D eigenvalue weighted by Gasteiger charge is 2.37. The van der Waals surface area contributed by atoms with Crippen LogP contribution in [0.5, 0.6) is 5.75 Å². The number of rotatable bonds is 4. The summed E-state index contributed by atoms with van der Waals surface area (Å²) in [6.07, 6.45) is 1.38. The lowest BCUT2D eigenvalue weighted by Gasteiger charge is -2.27. The number of hydrogen-bond donors (Lipinski definition) is 1. The molecule has 2 N–H and O–H groups in total. The maximum atomic E-state index is 11.9. The molecule has 0 radical (unpaired) electrons. The van der Waals surface area contributed by atoms with Crippen LogP contribution in [0.15, 0.2) is 24.3 Å². The molecular formula is C14H20N2O2. The Morgan fingerprint density at radius 2 is 2.28 bits per heavy atom. The zero-order valence-electron chi connectivity index (χ0n) is 10.9. The highest BCUT2D eigenvalue weighted by Crippen LogP contribution is 2.33. The molecule has 0 spiro atoms. The van der Waals surface area contributed by atoms with E-state index in [2.05, 4.69) is 6.92 Å². The van der Waals surface area contributed by atoms with Crippen LogP contribution in [0.2, 0.25) is 0 Å². The van der Waals surface area contributed by atoms with Crippen LogP contribution in [0.4, 0.5) is 0 Å². The van der Waals surface area contributed by atoms with Crippen molar-refractivity contribution in [2.75, 3.05) is 13.7 Å². The van der Waals surface area contributed by atoms with E-state index in [1.165, 1.54) is 0 Å². The maximum absolute atomic E-state index is 11.9. The summed E-state index contributed by atoms with van der Waals surface area (Å²) in [5.41, 5.74) is 7.17. The first-order valence-corrected chi connectivity index (χ1v) is 6.36. The Kier molecular flexibility index (Phi) is 3.87. The van der Waals surface area contributed by atoms with Crippen LogP contribution in [0.1, 0.15) is 31.4 Å². The molecule has 1 aliphatic rings. The minimum absolute atomic E-state index is 0.0208. The highest BCUT2D eigenvalue weighted by atomic mass is 16.5. The number of likely N-dealkylation sites (tertiary alicyclic amines) is 1. The molecule has 2 atom stereocenters. The fourth-order valence-corrected chi connectivity index (χ4v) is 2.57. The van der Waals surface area contributed by atoms with Crippen LogP contribution in [0.3, 0.4) is 0 Å². The Balaban J connectivity index is 2.30. The number of benzene rings is 1. The second kappa shape index (κ2) is 5.40. The lowest BCUT2D eigenvalue weighted by Crippen LogP contribution is -2.33. The number of carbonyl (C=O) groups is 1. The molecule has 4 nitrogen and oxygen atoms in total. The first-order chi connectivity index (χ1) is 8.67. The third-order valence-corrected chi connectivity index (χ3v) is 3.37. The lowest BCUT2D eigenvalue weighted by atomic mass is 10.0. The zero-order chi connectivity index (χ0) is 13.1. The van der Waals surface area contributed by atoms with Gasteiger partial charge in [-0.2, -0.15) is 0 Å². The molecule has 0 aliphatic carbocycles. The van der Waals surface area contributed by atoms with Gasteiger partial charge in [-0.15, -0.1) is 0 Å². The molecule has 0 unspecified atom stereocenters. The molecule has 98 valence electrons. The van der Waals surface area contributed by atoms with E-state index in [1.54, 1.807) is 7.11 Å². The first kappa shape index (κ1) is 12.9. The first-order valence-electron chi connectivity index (χ1n) is 6.36. The van der Waals surface area contributed by atoms with Gasteiger partial charge in [0, 0.05) is 19.0 Å². The Bertz CT molecular complexity index is 434. The molecular weight excluding hydrogens is 228 g/mol. The van der Waals surface area contributed by atoms with Gasteiger partial charge in [0.1, 0.15) is 5.75 Å². The van der Waals surface area contributed by atoms with Gasteiger partial charge in [-0.3, -0.25) is 4.79 Å². The molecule has 1 fully saturated rings. The Morgan fingerprint density at radius 3 is 2.94 bits per heavy atom. The van der Waals surface area contributed by atoms with Crippen molar-refractivity contribution >= 4 is 5.91 Å². The van der Waals surface area contributed by atoms with Crippen LogP contribution in [0.25, 0.3) is 0 Å². The van der Waals surface area contributed by atoms with E-state index in [0.717, 1.165) is 24.3 Å². The normalized spacial score (nSPS) is 23.5. The third-order valence-electron chi connectivity index (χ3n) is 3.37. The van der Waals surface area contributed by atoms with Gasteiger partial charge in [0.2, 0.25) is 5.91 Å². The van der Waals surface area contributed by atoms with Crippen molar-refractivity contribution < 1.29 is 9.53 Å². The van der Waals surface area contributed by atoms with E-state index in [4.69, 9.17) is 10.5 Å². The third kappa shape index (κ3) is 2.34. The number of hydrogen-bond acceptors (Lipinski definition) is 3. The van der Waals surface area contributed by atoms with Gasteiger partial charge in [-0.1, -0.05) is 19.1 Å². The smallest absolute Gasteiger partial charge is 0.224 e. The van der Waals surface area contributed by atoms with E-state index in [9.17, 15) is 4.79 Å². The summed E-state index contributed by atoms with van der Waals surface area (Å²) in [6, 6.07) is 7.66. The Hall–Kier alpha value is -1.55. The van der Waals surface area contributed by atoms with Crippen molar-refractivity contribution in [1.29, 1.82) is 0 Å². The number of ether oxygens (including phenoxy) is 1. The fraction of sp³-hybridized carbons (Fsp3) is 0.500. The summed E-state index contributed by atoms with van der Waals surface area (Å²) in [5.74, 6) is 0.952.